The van der Waals surface area contributed by atoms with Crippen LogP contribution in [0, 0.1) is 0 Å². The van der Waals surface area contributed by atoms with Crippen molar-refractivity contribution in [2.75, 3.05) is 13.1 Å². The third-order valence-electron chi connectivity index (χ3n) is 2.38. The smallest absolute Gasteiger partial charge is 0.309 e. The molecule has 3 N–H and O–H groups in total. The van der Waals surface area contributed by atoms with Crippen LogP contribution in [0.2, 0.25) is 5.02 Å². The molecule has 1 rings (SSSR count). The summed E-state index contributed by atoms with van der Waals surface area (Å²) in [5, 5.41) is 14.5. The van der Waals surface area contributed by atoms with Gasteiger partial charge >= 0.3 is 11.8 Å². The molecule has 0 saturated carbocycles. The van der Waals surface area contributed by atoms with E-state index in [2.05, 4.69) is 10.6 Å². The van der Waals surface area contributed by atoms with Gasteiger partial charge in [0.05, 0.1) is 6.10 Å². The van der Waals surface area contributed by atoms with Crippen molar-refractivity contribution in [3.63, 3.8) is 0 Å². The molecule has 1 aromatic rings. The molecule has 0 aliphatic rings. The lowest BCUT2D eigenvalue weighted by Gasteiger charge is -2.07. The van der Waals surface area contributed by atoms with E-state index in [0.717, 1.165) is 5.56 Å². The number of hydrogen-bond donors (Lipinski definition) is 3. The first-order chi connectivity index (χ1) is 8.99. The molecular formula is C13H17ClN2O3. The van der Waals surface area contributed by atoms with Crippen LogP contribution in [0.15, 0.2) is 24.3 Å². The average Bonchev–Trinajstić information content (AvgIpc) is 2.38. The van der Waals surface area contributed by atoms with Gasteiger partial charge in [-0.2, -0.15) is 0 Å². The van der Waals surface area contributed by atoms with Gasteiger partial charge in [0, 0.05) is 18.1 Å². The maximum Gasteiger partial charge on any atom is 0.309 e. The van der Waals surface area contributed by atoms with Gasteiger partial charge in [-0.05, 0) is 31.0 Å². The molecule has 0 spiro atoms. The first kappa shape index (κ1) is 15.5. The van der Waals surface area contributed by atoms with Crippen molar-refractivity contribution in [2.45, 2.75) is 19.4 Å². The molecule has 1 atom stereocenters. The SMILES string of the molecule is CC(O)CNC(=O)C(=O)NCCc1ccc(Cl)cc1. The van der Waals surface area contributed by atoms with E-state index in [-0.39, 0.29) is 6.54 Å². The summed E-state index contributed by atoms with van der Waals surface area (Å²) in [7, 11) is 0. The Hall–Kier alpha value is -1.59. The fourth-order valence-electron chi connectivity index (χ4n) is 1.37. The molecule has 1 aromatic carbocycles. The summed E-state index contributed by atoms with van der Waals surface area (Å²) in [5.41, 5.74) is 1.02. The van der Waals surface area contributed by atoms with Gasteiger partial charge < -0.3 is 15.7 Å². The summed E-state index contributed by atoms with van der Waals surface area (Å²) >= 11 is 5.75. The molecule has 0 aromatic heterocycles. The highest BCUT2D eigenvalue weighted by Gasteiger charge is 2.12. The molecule has 2 amide bonds. The van der Waals surface area contributed by atoms with Gasteiger partial charge in [-0.15, -0.1) is 0 Å². The predicted octanol–water partition coefficient (Wildman–Crippen LogP) is 0.496. The van der Waals surface area contributed by atoms with E-state index in [9.17, 15) is 9.59 Å². The van der Waals surface area contributed by atoms with Crippen molar-refractivity contribution in [1.82, 2.24) is 10.6 Å². The van der Waals surface area contributed by atoms with E-state index < -0.39 is 17.9 Å². The molecular weight excluding hydrogens is 268 g/mol. The van der Waals surface area contributed by atoms with Crippen LogP contribution in [0.25, 0.3) is 0 Å². The predicted molar refractivity (Wildman–Crippen MR) is 72.9 cm³/mol. The molecule has 104 valence electrons. The molecule has 0 saturated heterocycles. The Kier molecular flexibility index (Phi) is 6.32. The lowest BCUT2D eigenvalue weighted by molar-refractivity contribution is -0.139. The molecule has 0 fully saturated rings. The van der Waals surface area contributed by atoms with Gasteiger partial charge in [0.25, 0.3) is 0 Å². The minimum atomic E-state index is -0.739. The van der Waals surface area contributed by atoms with Gasteiger partial charge in [0.15, 0.2) is 0 Å². The fraction of sp³-hybridized carbons (Fsp3) is 0.385. The number of halogens is 1. The zero-order valence-electron chi connectivity index (χ0n) is 10.6. The summed E-state index contributed by atoms with van der Waals surface area (Å²) in [5.74, 6) is -1.44. The van der Waals surface area contributed by atoms with Crippen molar-refractivity contribution in [3.8, 4) is 0 Å². The van der Waals surface area contributed by atoms with Crippen molar-refractivity contribution in [3.05, 3.63) is 34.9 Å². The van der Waals surface area contributed by atoms with Crippen LogP contribution in [0.1, 0.15) is 12.5 Å². The minimum Gasteiger partial charge on any atom is -0.392 e. The Morgan fingerprint density at radius 1 is 1.21 bits per heavy atom. The van der Waals surface area contributed by atoms with Crippen LogP contribution in [-0.2, 0) is 16.0 Å². The summed E-state index contributed by atoms with van der Waals surface area (Å²) in [6, 6.07) is 7.27. The number of amides is 2. The zero-order valence-corrected chi connectivity index (χ0v) is 11.4. The highest BCUT2D eigenvalue weighted by atomic mass is 35.5. The van der Waals surface area contributed by atoms with Crippen LogP contribution in [0.5, 0.6) is 0 Å². The molecule has 6 heteroatoms. The molecule has 0 aliphatic carbocycles. The molecule has 19 heavy (non-hydrogen) atoms. The number of carbonyl (C=O) groups excluding carboxylic acids is 2. The molecule has 0 aliphatic heterocycles. The second-order valence-corrected chi connectivity index (χ2v) is 4.63. The van der Waals surface area contributed by atoms with Gasteiger partial charge in [-0.1, -0.05) is 23.7 Å². The van der Waals surface area contributed by atoms with Crippen LogP contribution in [-0.4, -0.2) is 36.1 Å². The molecule has 1 unspecified atom stereocenters. The van der Waals surface area contributed by atoms with E-state index in [4.69, 9.17) is 16.7 Å². The average molecular weight is 285 g/mol. The Bertz CT molecular complexity index is 432. The maximum absolute atomic E-state index is 11.4. The van der Waals surface area contributed by atoms with E-state index in [1.54, 1.807) is 12.1 Å². The summed E-state index contributed by atoms with van der Waals surface area (Å²) in [4.78, 5) is 22.7. The molecule has 0 heterocycles. The minimum absolute atomic E-state index is 0.0590. The van der Waals surface area contributed by atoms with E-state index in [0.29, 0.717) is 18.0 Å². The standard InChI is InChI=1S/C13H17ClN2O3/c1-9(17)8-16-13(19)12(18)15-7-6-10-2-4-11(14)5-3-10/h2-5,9,17H,6-8H2,1H3,(H,15,18)(H,16,19). The Balaban J connectivity index is 2.26. The quantitative estimate of drug-likeness (QED) is 0.689. The highest BCUT2D eigenvalue weighted by molar-refractivity contribution is 6.35. The number of aliphatic hydroxyl groups is 1. The second kappa shape index (κ2) is 7.76. The lowest BCUT2D eigenvalue weighted by atomic mass is 10.1. The normalized spacial score (nSPS) is 11.7. The van der Waals surface area contributed by atoms with Gasteiger partial charge in [-0.3, -0.25) is 9.59 Å². The number of carbonyl (C=O) groups is 2. The molecule has 0 radical (unpaired) electrons. The van der Waals surface area contributed by atoms with E-state index >= 15 is 0 Å². The topological polar surface area (TPSA) is 78.4 Å². The van der Waals surface area contributed by atoms with Crippen molar-refractivity contribution in [1.29, 1.82) is 0 Å². The Labute approximate surface area is 117 Å². The zero-order chi connectivity index (χ0) is 14.3. The van der Waals surface area contributed by atoms with Gasteiger partial charge in [-0.25, -0.2) is 0 Å². The third kappa shape index (κ3) is 6.22. The van der Waals surface area contributed by atoms with Crippen LogP contribution in [0.3, 0.4) is 0 Å². The number of benzene rings is 1. The van der Waals surface area contributed by atoms with Crippen molar-refractivity contribution >= 4 is 23.4 Å². The van der Waals surface area contributed by atoms with Gasteiger partial charge in [0.2, 0.25) is 0 Å². The first-order valence-electron chi connectivity index (χ1n) is 5.97. The highest BCUT2D eigenvalue weighted by Crippen LogP contribution is 2.09. The van der Waals surface area contributed by atoms with E-state index in [1.165, 1.54) is 6.92 Å². The Morgan fingerprint density at radius 3 is 2.37 bits per heavy atom. The third-order valence-corrected chi connectivity index (χ3v) is 2.63. The van der Waals surface area contributed by atoms with E-state index in [1.807, 2.05) is 12.1 Å². The Morgan fingerprint density at radius 2 is 1.79 bits per heavy atom. The largest absolute Gasteiger partial charge is 0.392 e. The first-order valence-corrected chi connectivity index (χ1v) is 6.35. The number of nitrogens with one attached hydrogen (secondary N) is 2. The van der Waals surface area contributed by atoms with Crippen LogP contribution < -0.4 is 10.6 Å². The number of rotatable bonds is 5. The summed E-state index contributed by atoms with van der Waals surface area (Å²) in [6.45, 7) is 1.95. The molecule has 5 nitrogen and oxygen atoms in total. The monoisotopic (exact) mass is 284 g/mol. The summed E-state index contributed by atoms with van der Waals surface area (Å²) < 4.78 is 0. The van der Waals surface area contributed by atoms with Crippen molar-refractivity contribution < 1.29 is 14.7 Å². The van der Waals surface area contributed by atoms with Crippen LogP contribution >= 0.6 is 11.6 Å². The molecule has 0 bridgehead atoms. The summed E-state index contributed by atoms with van der Waals surface area (Å²) in [6.07, 6.45) is -0.0575. The maximum atomic E-state index is 11.4. The van der Waals surface area contributed by atoms with Gasteiger partial charge in [0.1, 0.15) is 0 Å². The number of hydrogen-bond acceptors (Lipinski definition) is 3. The van der Waals surface area contributed by atoms with Crippen LogP contribution in [0.4, 0.5) is 0 Å². The lowest BCUT2D eigenvalue weighted by Crippen LogP contribution is -2.42. The van der Waals surface area contributed by atoms with Crippen molar-refractivity contribution in [2.24, 2.45) is 0 Å². The number of aliphatic hydroxyl groups excluding tert-OH is 1. The second-order valence-electron chi connectivity index (χ2n) is 4.19. The fourth-order valence-corrected chi connectivity index (χ4v) is 1.50.